The van der Waals surface area contributed by atoms with Gasteiger partial charge in [0.15, 0.2) is 0 Å². The summed E-state index contributed by atoms with van der Waals surface area (Å²) in [5.41, 5.74) is 6.75. The van der Waals surface area contributed by atoms with E-state index in [0.29, 0.717) is 23.7 Å². The molecule has 0 bridgehead atoms. The van der Waals surface area contributed by atoms with Crippen molar-refractivity contribution >= 4 is 11.6 Å². The summed E-state index contributed by atoms with van der Waals surface area (Å²) in [6.07, 6.45) is 2.89. The minimum Gasteiger partial charge on any atom is -0.508 e. The molecule has 0 radical (unpaired) electrons. The second-order valence-electron chi connectivity index (χ2n) is 5.64. The van der Waals surface area contributed by atoms with Crippen molar-refractivity contribution in [1.29, 1.82) is 0 Å². The van der Waals surface area contributed by atoms with E-state index in [1.54, 1.807) is 12.1 Å². The molecule has 0 aliphatic carbocycles. The Balaban J connectivity index is 2.99. The summed E-state index contributed by atoms with van der Waals surface area (Å²) in [5, 5.41) is 10.7. The van der Waals surface area contributed by atoms with Crippen molar-refractivity contribution in [1.82, 2.24) is 4.90 Å². The molecule has 1 atom stereocenters. The molecule has 1 rings (SSSR count). The predicted molar refractivity (Wildman–Crippen MR) is 86.4 cm³/mol. The van der Waals surface area contributed by atoms with E-state index in [-0.39, 0.29) is 5.54 Å². The topological polar surface area (TPSA) is 49.5 Å². The summed E-state index contributed by atoms with van der Waals surface area (Å²) in [7, 11) is 0. The molecule has 0 fully saturated rings. The molecule has 20 heavy (non-hydrogen) atoms. The van der Waals surface area contributed by atoms with E-state index < -0.39 is 0 Å². The van der Waals surface area contributed by atoms with Crippen LogP contribution in [0, 0.1) is 0 Å². The van der Waals surface area contributed by atoms with Crippen molar-refractivity contribution in [3.05, 3.63) is 28.8 Å². The normalized spacial score (nSPS) is 14.5. The molecule has 0 saturated heterocycles. The molecule has 1 unspecified atom stereocenters. The van der Waals surface area contributed by atoms with Gasteiger partial charge in [0.25, 0.3) is 0 Å². The maximum absolute atomic E-state index is 10.0. The Bertz CT molecular complexity index is 419. The first-order valence-electron chi connectivity index (χ1n) is 7.39. The number of aromatic hydroxyl groups is 1. The van der Waals surface area contributed by atoms with Crippen molar-refractivity contribution in [3.63, 3.8) is 0 Å². The molecule has 114 valence electrons. The fraction of sp³-hybridized carbons (Fsp3) is 0.625. The van der Waals surface area contributed by atoms with Gasteiger partial charge in [-0.25, -0.2) is 0 Å². The first-order chi connectivity index (χ1) is 9.46. The number of halogens is 1. The average Bonchev–Trinajstić information content (AvgIpc) is 2.42. The van der Waals surface area contributed by atoms with Gasteiger partial charge in [-0.15, -0.1) is 0 Å². The highest BCUT2D eigenvalue weighted by atomic mass is 35.5. The van der Waals surface area contributed by atoms with Gasteiger partial charge >= 0.3 is 0 Å². The van der Waals surface area contributed by atoms with E-state index >= 15 is 0 Å². The second-order valence-corrected chi connectivity index (χ2v) is 6.07. The van der Waals surface area contributed by atoms with E-state index in [1.807, 2.05) is 6.07 Å². The SMILES string of the molecule is CCCN(CCC)C(C)(CN)Cc1cc(Cl)ccc1O. The molecule has 0 saturated carbocycles. The molecule has 1 aromatic carbocycles. The average molecular weight is 299 g/mol. The number of hydrogen-bond acceptors (Lipinski definition) is 3. The highest BCUT2D eigenvalue weighted by Gasteiger charge is 2.30. The number of nitrogens with two attached hydrogens (primary N) is 1. The van der Waals surface area contributed by atoms with E-state index in [0.717, 1.165) is 31.5 Å². The number of phenols is 1. The van der Waals surface area contributed by atoms with Crippen molar-refractivity contribution in [2.45, 2.75) is 45.6 Å². The molecule has 0 amide bonds. The summed E-state index contributed by atoms with van der Waals surface area (Å²) < 4.78 is 0. The quantitative estimate of drug-likeness (QED) is 0.773. The van der Waals surface area contributed by atoms with Crippen LogP contribution in [0.4, 0.5) is 0 Å². The molecule has 0 aliphatic heterocycles. The fourth-order valence-corrected chi connectivity index (χ4v) is 2.81. The van der Waals surface area contributed by atoms with Crippen molar-refractivity contribution < 1.29 is 5.11 Å². The zero-order chi connectivity index (χ0) is 15.2. The van der Waals surface area contributed by atoms with E-state index in [4.69, 9.17) is 17.3 Å². The van der Waals surface area contributed by atoms with Crippen LogP contribution < -0.4 is 5.73 Å². The Kier molecular flexibility index (Phi) is 6.80. The van der Waals surface area contributed by atoms with Crippen LogP contribution in [0.5, 0.6) is 5.75 Å². The number of benzene rings is 1. The Hall–Kier alpha value is -0.770. The molecule has 0 heterocycles. The minimum absolute atomic E-state index is 0.159. The smallest absolute Gasteiger partial charge is 0.118 e. The van der Waals surface area contributed by atoms with Crippen LogP contribution in [0.2, 0.25) is 5.02 Å². The monoisotopic (exact) mass is 298 g/mol. The summed E-state index contributed by atoms with van der Waals surface area (Å²) in [6.45, 7) is 9.11. The van der Waals surface area contributed by atoms with Gasteiger partial charge in [-0.05, 0) is 63.0 Å². The van der Waals surface area contributed by atoms with Gasteiger partial charge in [-0.2, -0.15) is 0 Å². The van der Waals surface area contributed by atoms with Crippen LogP contribution in [-0.4, -0.2) is 35.2 Å². The van der Waals surface area contributed by atoms with Gasteiger partial charge in [0.2, 0.25) is 0 Å². The van der Waals surface area contributed by atoms with Crippen molar-refractivity contribution in [2.75, 3.05) is 19.6 Å². The van der Waals surface area contributed by atoms with Crippen LogP contribution in [0.25, 0.3) is 0 Å². The van der Waals surface area contributed by atoms with Crippen LogP contribution in [0.1, 0.15) is 39.2 Å². The van der Waals surface area contributed by atoms with Crippen LogP contribution in [-0.2, 0) is 6.42 Å². The third-order valence-electron chi connectivity index (χ3n) is 3.80. The van der Waals surface area contributed by atoms with E-state index in [1.165, 1.54) is 0 Å². The fourth-order valence-electron chi connectivity index (χ4n) is 2.61. The molecule has 4 heteroatoms. The second kappa shape index (κ2) is 7.87. The molecule has 0 aromatic heterocycles. The number of phenolic OH excluding ortho intramolecular Hbond substituents is 1. The lowest BCUT2D eigenvalue weighted by molar-refractivity contribution is 0.109. The molecule has 1 aromatic rings. The lowest BCUT2D eigenvalue weighted by Gasteiger charge is -2.41. The standard InChI is InChI=1S/C16H27ClN2O/c1-4-8-19(9-5-2)16(3,12-18)11-13-10-14(17)6-7-15(13)20/h6-7,10,20H,4-5,8-9,11-12,18H2,1-3H3. The van der Waals surface area contributed by atoms with Crippen LogP contribution >= 0.6 is 11.6 Å². The zero-order valence-electron chi connectivity index (χ0n) is 12.8. The lowest BCUT2D eigenvalue weighted by atomic mass is 9.90. The predicted octanol–water partition coefficient (Wildman–Crippen LogP) is 3.43. The number of nitrogens with zero attached hydrogens (tertiary/aromatic N) is 1. The van der Waals surface area contributed by atoms with Gasteiger partial charge < -0.3 is 10.8 Å². The molecular formula is C16H27ClN2O. The highest BCUT2D eigenvalue weighted by molar-refractivity contribution is 6.30. The summed E-state index contributed by atoms with van der Waals surface area (Å²) >= 11 is 6.03. The Morgan fingerprint density at radius 3 is 2.35 bits per heavy atom. The third kappa shape index (κ3) is 4.37. The van der Waals surface area contributed by atoms with Gasteiger partial charge in [0, 0.05) is 17.1 Å². The molecule has 0 aliphatic rings. The maximum Gasteiger partial charge on any atom is 0.118 e. The van der Waals surface area contributed by atoms with Crippen molar-refractivity contribution in [3.8, 4) is 5.75 Å². The van der Waals surface area contributed by atoms with Gasteiger partial charge in [-0.1, -0.05) is 25.4 Å². The minimum atomic E-state index is -0.159. The highest BCUT2D eigenvalue weighted by Crippen LogP contribution is 2.28. The number of hydrogen-bond donors (Lipinski definition) is 2. The molecule has 0 spiro atoms. The first-order valence-corrected chi connectivity index (χ1v) is 7.77. The Labute approximate surface area is 127 Å². The summed E-state index contributed by atoms with van der Waals surface area (Å²) in [4.78, 5) is 2.42. The van der Waals surface area contributed by atoms with E-state index in [9.17, 15) is 5.11 Å². The van der Waals surface area contributed by atoms with Crippen LogP contribution in [0.3, 0.4) is 0 Å². The largest absolute Gasteiger partial charge is 0.508 e. The Morgan fingerprint density at radius 1 is 1.25 bits per heavy atom. The van der Waals surface area contributed by atoms with Crippen LogP contribution in [0.15, 0.2) is 18.2 Å². The van der Waals surface area contributed by atoms with E-state index in [2.05, 4.69) is 25.7 Å². The van der Waals surface area contributed by atoms with Crippen molar-refractivity contribution in [2.24, 2.45) is 5.73 Å². The molecule has 3 nitrogen and oxygen atoms in total. The molecule has 3 N–H and O–H groups in total. The third-order valence-corrected chi connectivity index (χ3v) is 4.04. The maximum atomic E-state index is 10.0. The summed E-state index contributed by atoms with van der Waals surface area (Å²) in [6, 6.07) is 5.19. The number of rotatable bonds is 8. The zero-order valence-corrected chi connectivity index (χ0v) is 13.6. The van der Waals surface area contributed by atoms with Gasteiger partial charge in [0.05, 0.1) is 0 Å². The van der Waals surface area contributed by atoms with Gasteiger partial charge in [-0.3, -0.25) is 4.90 Å². The summed E-state index contributed by atoms with van der Waals surface area (Å²) in [5.74, 6) is 0.294. The Morgan fingerprint density at radius 2 is 1.85 bits per heavy atom. The first kappa shape index (κ1) is 17.3. The molecular weight excluding hydrogens is 272 g/mol. The van der Waals surface area contributed by atoms with Gasteiger partial charge in [0.1, 0.15) is 5.75 Å². The lowest BCUT2D eigenvalue weighted by Crippen LogP contribution is -2.53.